The summed E-state index contributed by atoms with van der Waals surface area (Å²) in [7, 11) is 2.72. The minimum Gasteiger partial charge on any atom is -0.354 e. The highest BCUT2D eigenvalue weighted by molar-refractivity contribution is 4.66. The summed E-state index contributed by atoms with van der Waals surface area (Å²) in [6.07, 6.45) is -3.58. The van der Waals surface area contributed by atoms with Gasteiger partial charge < -0.3 is 15.2 Å². The van der Waals surface area contributed by atoms with Gasteiger partial charge in [-0.15, -0.1) is 0 Å². The number of ether oxygens (including phenoxy) is 2. The van der Waals surface area contributed by atoms with E-state index in [-0.39, 0.29) is 0 Å². The van der Waals surface area contributed by atoms with E-state index >= 15 is 0 Å². The Morgan fingerprint density at radius 3 is 2.00 bits per heavy atom. The predicted octanol–water partition coefficient (Wildman–Crippen LogP) is 0.588. The standard InChI is InChI=1S/C6H13F2NO2/c1-10-6(11-2)4(9)3-5(7)8/h4-6H,3,9H2,1-2H3/t4-/m1/s1. The minimum atomic E-state index is -2.42. The van der Waals surface area contributed by atoms with E-state index in [1.807, 2.05) is 0 Å². The zero-order valence-electron chi connectivity index (χ0n) is 6.59. The molecule has 3 nitrogen and oxygen atoms in total. The smallest absolute Gasteiger partial charge is 0.240 e. The number of rotatable bonds is 5. The van der Waals surface area contributed by atoms with Gasteiger partial charge in [-0.3, -0.25) is 0 Å². The van der Waals surface area contributed by atoms with Gasteiger partial charge >= 0.3 is 0 Å². The summed E-state index contributed by atoms with van der Waals surface area (Å²) in [5.41, 5.74) is 5.31. The first-order chi connectivity index (χ1) is 5.11. The first-order valence-corrected chi connectivity index (χ1v) is 3.21. The Morgan fingerprint density at radius 1 is 1.27 bits per heavy atom. The minimum absolute atomic E-state index is 0.410. The summed E-state index contributed by atoms with van der Waals surface area (Å²) in [6, 6.07) is -0.773. The zero-order valence-corrected chi connectivity index (χ0v) is 6.59. The molecule has 5 heteroatoms. The van der Waals surface area contributed by atoms with Crippen LogP contribution in [-0.4, -0.2) is 33.0 Å². The van der Waals surface area contributed by atoms with Gasteiger partial charge in [-0.2, -0.15) is 0 Å². The third-order valence-electron chi connectivity index (χ3n) is 1.26. The molecule has 1 atom stereocenters. The van der Waals surface area contributed by atoms with Crippen LogP contribution < -0.4 is 5.73 Å². The van der Waals surface area contributed by atoms with Crippen molar-refractivity contribution in [2.24, 2.45) is 5.73 Å². The molecule has 0 rings (SSSR count). The first kappa shape index (κ1) is 10.7. The average Bonchev–Trinajstić information content (AvgIpc) is 1.88. The molecular formula is C6H13F2NO2. The maximum absolute atomic E-state index is 11.7. The van der Waals surface area contributed by atoms with E-state index in [0.29, 0.717) is 0 Å². The molecule has 0 heterocycles. The lowest BCUT2D eigenvalue weighted by molar-refractivity contribution is -0.123. The maximum Gasteiger partial charge on any atom is 0.240 e. The van der Waals surface area contributed by atoms with Crippen molar-refractivity contribution >= 4 is 0 Å². The summed E-state index contributed by atoms with van der Waals surface area (Å²) >= 11 is 0. The van der Waals surface area contributed by atoms with Crippen LogP contribution in [-0.2, 0) is 9.47 Å². The van der Waals surface area contributed by atoms with Gasteiger partial charge in [0.1, 0.15) is 0 Å². The summed E-state index contributed by atoms with van der Waals surface area (Å²) in [4.78, 5) is 0. The zero-order chi connectivity index (χ0) is 8.85. The lowest BCUT2D eigenvalue weighted by atomic mass is 10.2. The van der Waals surface area contributed by atoms with E-state index in [1.165, 1.54) is 14.2 Å². The Hall–Kier alpha value is -0.260. The second-order valence-corrected chi connectivity index (χ2v) is 2.13. The molecule has 0 saturated heterocycles. The number of hydrogen-bond donors (Lipinski definition) is 1. The van der Waals surface area contributed by atoms with Crippen LogP contribution in [0.3, 0.4) is 0 Å². The monoisotopic (exact) mass is 169 g/mol. The number of hydrogen-bond acceptors (Lipinski definition) is 3. The van der Waals surface area contributed by atoms with Crippen LogP contribution in [0.2, 0.25) is 0 Å². The van der Waals surface area contributed by atoms with Crippen LogP contribution in [0.25, 0.3) is 0 Å². The van der Waals surface area contributed by atoms with Crippen molar-refractivity contribution in [3.63, 3.8) is 0 Å². The largest absolute Gasteiger partial charge is 0.354 e. The molecule has 0 amide bonds. The van der Waals surface area contributed by atoms with Crippen molar-refractivity contribution in [1.29, 1.82) is 0 Å². The van der Waals surface area contributed by atoms with Crippen LogP contribution in [0.4, 0.5) is 8.78 Å². The van der Waals surface area contributed by atoms with Crippen molar-refractivity contribution in [3.05, 3.63) is 0 Å². The molecule has 0 aromatic heterocycles. The molecule has 0 radical (unpaired) electrons. The van der Waals surface area contributed by atoms with E-state index in [4.69, 9.17) is 5.73 Å². The van der Waals surface area contributed by atoms with Gasteiger partial charge in [0.25, 0.3) is 0 Å². The van der Waals surface area contributed by atoms with Gasteiger partial charge in [-0.1, -0.05) is 0 Å². The number of halogens is 2. The summed E-state index contributed by atoms with van der Waals surface area (Å²) in [5.74, 6) is 0. The van der Waals surface area contributed by atoms with E-state index in [2.05, 4.69) is 9.47 Å². The summed E-state index contributed by atoms with van der Waals surface area (Å²) < 4.78 is 32.8. The number of methoxy groups -OCH3 is 2. The summed E-state index contributed by atoms with van der Waals surface area (Å²) in [5, 5.41) is 0. The second kappa shape index (κ2) is 5.40. The second-order valence-electron chi connectivity index (χ2n) is 2.13. The molecule has 0 aliphatic carbocycles. The molecule has 0 aliphatic heterocycles. The fourth-order valence-corrected chi connectivity index (χ4v) is 0.763. The lowest BCUT2D eigenvalue weighted by Crippen LogP contribution is -2.38. The van der Waals surface area contributed by atoms with E-state index in [1.54, 1.807) is 0 Å². The van der Waals surface area contributed by atoms with Crippen LogP contribution in [0, 0.1) is 0 Å². The molecule has 0 aliphatic rings. The van der Waals surface area contributed by atoms with Crippen molar-refractivity contribution in [1.82, 2.24) is 0 Å². The normalized spacial score (nSPS) is 14.5. The van der Waals surface area contributed by atoms with E-state index < -0.39 is 25.2 Å². The van der Waals surface area contributed by atoms with Gasteiger partial charge in [0, 0.05) is 20.6 Å². The third-order valence-corrected chi connectivity index (χ3v) is 1.26. The molecule has 0 bridgehead atoms. The van der Waals surface area contributed by atoms with Crippen LogP contribution in [0.1, 0.15) is 6.42 Å². The van der Waals surface area contributed by atoms with Crippen molar-refractivity contribution < 1.29 is 18.3 Å². The number of nitrogens with two attached hydrogens (primary N) is 1. The Balaban J connectivity index is 3.68. The fourth-order valence-electron chi connectivity index (χ4n) is 0.763. The quantitative estimate of drug-likeness (QED) is 0.612. The third kappa shape index (κ3) is 4.23. The van der Waals surface area contributed by atoms with Crippen molar-refractivity contribution in [2.45, 2.75) is 25.2 Å². The molecule has 2 N–H and O–H groups in total. The molecule has 11 heavy (non-hydrogen) atoms. The van der Waals surface area contributed by atoms with Gasteiger partial charge in [0.05, 0.1) is 6.04 Å². The highest BCUT2D eigenvalue weighted by Crippen LogP contribution is 2.07. The Morgan fingerprint density at radius 2 is 1.73 bits per heavy atom. The summed E-state index contributed by atoms with van der Waals surface area (Å²) in [6.45, 7) is 0. The topological polar surface area (TPSA) is 44.5 Å². The Bertz CT molecular complexity index is 98.6. The van der Waals surface area contributed by atoms with Crippen molar-refractivity contribution in [3.8, 4) is 0 Å². The highest BCUT2D eigenvalue weighted by Gasteiger charge is 2.20. The SMILES string of the molecule is COC(OC)[C@H](N)CC(F)F. The average molecular weight is 169 g/mol. The molecule has 0 saturated carbocycles. The van der Waals surface area contributed by atoms with Crippen LogP contribution >= 0.6 is 0 Å². The highest BCUT2D eigenvalue weighted by atomic mass is 19.3. The molecule has 0 aromatic carbocycles. The molecular weight excluding hydrogens is 156 g/mol. The Kier molecular flexibility index (Phi) is 5.27. The lowest BCUT2D eigenvalue weighted by Gasteiger charge is -2.20. The van der Waals surface area contributed by atoms with Crippen LogP contribution in [0.15, 0.2) is 0 Å². The van der Waals surface area contributed by atoms with E-state index in [0.717, 1.165) is 0 Å². The molecule has 0 aromatic rings. The van der Waals surface area contributed by atoms with Gasteiger partial charge in [0.15, 0.2) is 6.29 Å². The molecule has 0 unspecified atom stereocenters. The number of alkyl halides is 2. The molecule has 0 spiro atoms. The van der Waals surface area contributed by atoms with Gasteiger partial charge in [0.2, 0.25) is 6.43 Å². The van der Waals surface area contributed by atoms with E-state index in [9.17, 15) is 8.78 Å². The maximum atomic E-state index is 11.7. The van der Waals surface area contributed by atoms with Gasteiger partial charge in [-0.25, -0.2) is 8.78 Å². The van der Waals surface area contributed by atoms with Crippen LogP contribution in [0.5, 0.6) is 0 Å². The Labute approximate surface area is 64.5 Å². The fraction of sp³-hybridized carbons (Fsp3) is 1.00. The predicted molar refractivity (Wildman–Crippen MR) is 36.4 cm³/mol. The molecule has 0 fully saturated rings. The van der Waals surface area contributed by atoms with Crippen molar-refractivity contribution in [2.75, 3.05) is 14.2 Å². The van der Waals surface area contributed by atoms with Gasteiger partial charge in [-0.05, 0) is 0 Å². The molecule has 68 valence electrons. The first-order valence-electron chi connectivity index (χ1n) is 3.21.